The van der Waals surface area contributed by atoms with Crippen LogP contribution in [0.3, 0.4) is 0 Å². The van der Waals surface area contributed by atoms with Crippen LogP contribution in [0.2, 0.25) is 0 Å². The molecule has 0 bridgehead atoms. The standard InChI is InChI=1S/C16H13N3O/c1-20-15-5-3-2-4-13(15)8-14-11-19-10-12(9-17)6-7-16(19)18-14/h2-7,10-11H,8H2,1H3. The van der Waals surface area contributed by atoms with Gasteiger partial charge in [0.1, 0.15) is 17.5 Å². The van der Waals surface area contributed by atoms with E-state index in [2.05, 4.69) is 11.1 Å². The highest BCUT2D eigenvalue weighted by Gasteiger charge is 2.07. The number of hydrogen-bond donors (Lipinski definition) is 0. The van der Waals surface area contributed by atoms with Crippen LogP contribution in [0.5, 0.6) is 5.75 Å². The van der Waals surface area contributed by atoms with Crippen LogP contribution in [0, 0.1) is 11.3 Å². The average Bonchev–Trinajstić information content (AvgIpc) is 2.89. The summed E-state index contributed by atoms with van der Waals surface area (Å²) in [5, 5.41) is 8.91. The molecule has 2 aromatic heterocycles. The lowest BCUT2D eigenvalue weighted by molar-refractivity contribution is 0.410. The van der Waals surface area contributed by atoms with Gasteiger partial charge in [0.2, 0.25) is 0 Å². The first-order valence-electron chi connectivity index (χ1n) is 6.30. The van der Waals surface area contributed by atoms with Crippen LogP contribution < -0.4 is 4.74 Å². The molecule has 98 valence electrons. The molecule has 0 saturated heterocycles. The van der Waals surface area contributed by atoms with Crippen LogP contribution in [0.1, 0.15) is 16.8 Å². The van der Waals surface area contributed by atoms with Crippen molar-refractivity contribution in [3.8, 4) is 11.8 Å². The first kappa shape index (κ1) is 12.2. The van der Waals surface area contributed by atoms with E-state index in [4.69, 9.17) is 10.00 Å². The molecule has 0 saturated carbocycles. The van der Waals surface area contributed by atoms with Gasteiger partial charge in [0.05, 0.1) is 18.4 Å². The third-order valence-corrected chi connectivity index (χ3v) is 3.19. The molecule has 0 atom stereocenters. The highest BCUT2D eigenvalue weighted by atomic mass is 16.5. The lowest BCUT2D eigenvalue weighted by Crippen LogP contribution is -1.93. The predicted molar refractivity (Wildman–Crippen MR) is 75.7 cm³/mol. The average molecular weight is 263 g/mol. The minimum Gasteiger partial charge on any atom is -0.496 e. The minimum absolute atomic E-state index is 0.624. The van der Waals surface area contributed by atoms with Crippen molar-refractivity contribution in [1.29, 1.82) is 5.26 Å². The molecule has 0 spiro atoms. The van der Waals surface area contributed by atoms with Gasteiger partial charge in [-0.3, -0.25) is 0 Å². The molecule has 0 N–H and O–H groups in total. The third kappa shape index (κ3) is 2.21. The molecule has 0 aliphatic rings. The fraction of sp³-hybridized carbons (Fsp3) is 0.125. The predicted octanol–water partition coefficient (Wildman–Crippen LogP) is 2.81. The second-order valence-electron chi connectivity index (χ2n) is 4.52. The fourth-order valence-corrected chi connectivity index (χ4v) is 2.24. The molecule has 0 aliphatic carbocycles. The molecule has 2 heterocycles. The molecule has 0 amide bonds. The number of methoxy groups -OCH3 is 1. The van der Waals surface area contributed by atoms with Crippen molar-refractivity contribution in [3.63, 3.8) is 0 Å². The number of hydrogen-bond acceptors (Lipinski definition) is 3. The van der Waals surface area contributed by atoms with Gasteiger partial charge in [-0.05, 0) is 18.2 Å². The Hall–Kier alpha value is -2.80. The molecule has 1 aromatic carbocycles. The second-order valence-corrected chi connectivity index (χ2v) is 4.52. The molecule has 4 heteroatoms. The monoisotopic (exact) mass is 263 g/mol. The second kappa shape index (κ2) is 5.06. The zero-order valence-electron chi connectivity index (χ0n) is 11.1. The van der Waals surface area contributed by atoms with Crippen molar-refractivity contribution < 1.29 is 4.74 Å². The van der Waals surface area contributed by atoms with Crippen LogP contribution >= 0.6 is 0 Å². The van der Waals surface area contributed by atoms with Gasteiger partial charge in [-0.25, -0.2) is 4.98 Å². The zero-order chi connectivity index (χ0) is 13.9. The van der Waals surface area contributed by atoms with Crippen molar-refractivity contribution >= 4 is 5.65 Å². The maximum Gasteiger partial charge on any atom is 0.137 e. The molecular formula is C16H13N3O. The van der Waals surface area contributed by atoms with E-state index in [0.717, 1.165) is 22.7 Å². The Morgan fingerprint density at radius 2 is 2.05 bits per heavy atom. The number of fused-ring (bicyclic) bond motifs is 1. The van der Waals surface area contributed by atoms with Gasteiger partial charge in [-0.2, -0.15) is 5.26 Å². The normalized spacial score (nSPS) is 10.4. The Labute approximate surface area is 116 Å². The number of pyridine rings is 1. The maximum atomic E-state index is 8.91. The van der Waals surface area contributed by atoms with Gasteiger partial charge in [0.25, 0.3) is 0 Å². The molecule has 4 nitrogen and oxygen atoms in total. The van der Waals surface area contributed by atoms with E-state index in [-0.39, 0.29) is 0 Å². The van der Waals surface area contributed by atoms with E-state index < -0.39 is 0 Å². The minimum atomic E-state index is 0.624. The van der Waals surface area contributed by atoms with Crippen LogP contribution in [0.4, 0.5) is 0 Å². The van der Waals surface area contributed by atoms with E-state index in [1.54, 1.807) is 19.4 Å². The number of aromatic nitrogens is 2. The van der Waals surface area contributed by atoms with Crippen molar-refractivity contribution in [2.45, 2.75) is 6.42 Å². The highest BCUT2D eigenvalue weighted by Crippen LogP contribution is 2.21. The number of para-hydroxylation sites is 1. The number of imidazole rings is 1. The summed E-state index contributed by atoms with van der Waals surface area (Å²) in [4.78, 5) is 4.56. The Bertz CT molecular complexity index is 799. The van der Waals surface area contributed by atoms with Crippen molar-refractivity contribution in [1.82, 2.24) is 9.38 Å². The molecule has 0 aliphatic heterocycles. The molecule has 0 unspecified atom stereocenters. The van der Waals surface area contributed by atoms with Crippen LogP contribution in [-0.2, 0) is 6.42 Å². The maximum absolute atomic E-state index is 8.91. The SMILES string of the molecule is COc1ccccc1Cc1cn2cc(C#N)ccc2n1. The summed E-state index contributed by atoms with van der Waals surface area (Å²) in [7, 11) is 1.67. The van der Waals surface area contributed by atoms with E-state index >= 15 is 0 Å². The Morgan fingerprint density at radius 3 is 2.85 bits per heavy atom. The lowest BCUT2D eigenvalue weighted by atomic mass is 10.1. The number of nitrogens with zero attached hydrogens (tertiary/aromatic N) is 3. The molecule has 3 rings (SSSR count). The Kier molecular flexibility index (Phi) is 3.10. The first-order valence-corrected chi connectivity index (χ1v) is 6.30. The largest absolute Gasteiger partial charge is 0.496 e. The zero-order valence-corrected chi connectivity index (χ0v) is 11.1. The van der Waals surface area contributed by atoms with Gasteiger partial charge in [-0.15, -0.1) is 0 Å². The summed E-state index contributed by atoms with van der Waals surface area (Å²) in [5.41, 5.74) is 3.51. The van der Waals surface area contributed by atoms with Gasteiger partial charge in [-0.1, -0.05) is 18.2 Å². The number of benzene rings is 1. The Balaban J connectivity index is 1.97. The van der Waals surface area contributed by atoms with Crippen molar-refractivity contribution in [2.24, 2.45) is 0 Å². The van der Waals surface area contributed by atoms with Gasteiger partial charge >= 0.3 is 0 Å². The van der Waals surface area contributed by atoms with Crippen molar-refractivity contribution in [3.05, 3.63) is 65.6 Å². The summed E-state index contributed by atoms with van der Waals surface area (Å²) in [6.07, 6.45) is 4.43. The van der Waals surface area contributed by atoms with Crippen LogP contribution in [0.25, 0.3) is 5.65 Å². The van der Waals surface area contributed by atoms with Gasteiger partial charge in [0, 0.05) is 24.4 Å². The smallest absolute Gasteiger partial charge is 0.137 e. The number of nitriles is 1. The Morgan fingerprint density at radius 1 is 1.20 bits per heavy atom. The van der Waals surface area contributed by atoms with Crippen LogP contribution in [-0.4, -0.2) is 16.5 Å². The van der Waals surface area contributed by atoms with E-state index in [9.17, 15) is 0 Å². The number of ether oxygens (including phenoxy) is 1. The van der Waals surface area contributed by atoms with Gasteiger partial charge in [0.15, 0.2) is 0 Å². The van der Waals surface area contributed by atoms with E-state index in [0.29, 0.717) is 12.0 Å². The molecule has 3 aromatic rings. The molecule has 0 radical (unpaired) electrons. The molecule has 20 heavy (non-hydrogen) atoms. The number of rotatable bonds is 3. The third-order valence-electron chi connectivity index (χ3n) is 3.19. The van der Waals surface area contributed by atoms with Crippen molar-refractivity contribution in [2.75, 3.05) is 7.11 Å². The van der Waals surface area contributed by atoms with Gasteiger partial charge < -0.3 is 9.14 Å². The van der Waals surface area contributed by atoms with E-state index in [1.165, 1.54) is 0 Å². The topological polar surface area (TPSA) is 50.3 Å². The van der Waals surface area contributed by atoms with E-state index in [1.807, 2.05) is 40.9 Å². The lowest BCUT2D eigenvalue weighted by Gasteiger charge is -2.05. The van der Waals surface area contributed by atoms with Crippen LogP contribution in [0.15, 0.2) is 48.8 Å². The summed E-state index contributed by atoms with van der Waals surface area (Å²) >= 11 is 0. The molecule has 0 fully saturated rings. The quantitative estimate of drug-likeness (QED) is 0.730. The fourth-order valence-electron chi connectivity index (χ4n) is 2.24. The first-order chi connectivity index (χ1) is 9.80. The summed E-state index contributed by atoms with van der Waals surface area (Å²) in [6, 6.07) is 13.7. The highest BCUT2D eigenvalue weighted by molar-refractivity contribution is 5.45. The summed E-state index contributed by atoms with van der Waals surface area (Å²) in [6.45, 7) is 0. The summed E-state index contributed by atoms with van der Waals surface area (Å²) < 4.78 is 7.23. The molecular weight excluding hydrogens is 250 g/mol. The summed E-state index contributed by atoms with van der Waals surface area (Å²) in [5.74, 6) is 0.863.